The first-order valence-corrected chi connectivity index (χ1v) is 9.39. The van der Waals surface area contributed by atoms with Crippen molar-refractivity contribution in [1.82, 2.24) is 0 Å². The van der Waals surface area contributed by atoms with E-state index in [4.69, 9.17) is 0 Å². The Labute approximate surface area is 128 Å². The SMILES string of the molecule is CCCCCCC(CC)C(O)C(CC)CCCCCC. The molecule has 122 valence electrons. The molecule has 1 heteroatoms. The first kappa shape index (κ1) is 20.0. The summed E-state index contributed by atoms with van der Waals surface area (Å²) in [5.74, 6) is 1.06. The zero-order chi connectivity index (χ0) is 15.2. The largest absolute Gasteiger partial charge is 0.393 e. The second-order valence-corrected chi connectivity index (χ2v) is 6.53. The minimum absolute atomic E-state index is 0.0618. The monoisotopic (exact) mass is 284 g/mol. The molecule has 0 radical (unpaired) electrons. The van der Waals surface area contributed by atoms with Gasteiger partial charge in [-0.1, -0.05) is 91.9 Å². The van der Waals surface area contributed by atoms with Gasteiger partial charge in [0.05, 0.1) is 6.10 Å². The Morgan fingerprint density at radius 1 is 0.600 bits per heavy atom. The third-order valence-electron chi connectivity index (χ3n) is 4.87. The van der Waals surface area contributed by atoms with Crippen molar-refractivity contribution >= 4 is 0 Å². The summed E-state index contributed by atoms with van der Waals surface area (Å²) in [6.07, 6.45) is 15.2. The van der Waals surface area contributed by atoms with Gasteiger partial charge in [-0.3, -0.25) is 0 Å². The Hall–Kier alpha value is -0.0400. The van der Waals surface area contributed by atoms with Crippen molar-refractivity contribution in [1.29, 1.82) is 0 Å². The van der Waals surface area contributed by atoms with Crippen molar-refractivity contribution in [2.45, 2.75) is 111 Å². The molecule has 0 aromatic carbocycles. The van der Waals surface area contributed by atoms with E-state index < -0.39 is 0 Å². The van der Waals surface area contributed by atoms with Gasteiger partial charge in [0.2, 0.25) is 0 Å². The maximum Gasteiger partial charge on any atom is 0.0596 e. The molecule has 0 rings (SSSR count). The summed E-state index contributed by atoms with van der Waals surface area (Å²) < 4.78 is 0. The number of unbranched alkanes of at least 4 members (excludes halogenated alkanes) is 6. The van der Waals surface area contributed by atoms with Crippen LogP contribution in [0.2, 0.25) is 0 Å². The van der Waals surface area contributed by atoms with Gasteiger partial charge in [-0.2, -0.15) is 0 Å². The highest BCUT2D eigenvalue weighted by Crippen LogP contribution is 2.28. The van der Waals surface area contributed by atoms with E-state index in [1.54, 1.807) is 0 Å². The minimum atomic E-state index is -0.0618. The summed E-state index contributed by atoms with van der Waals surface area (Å²) in [6, 6.07) is 0. The van der Waals surface area contributed by atoms with Gasteiger partial charge in [-0.15, -0.1) is 0 Å². The Morgan fingerprint density at radius 3 is 1.30 bits per heavy atom. The van der Waals surface area contributed by atoms with E-state index in [-0.39, 0.29) is 6.10 Å². The molecule has 0 heterocycles. The van der Waals surface area contributed by atoms with Crippen LogP contribution in [0.3, 0.4) is 0 Å². The van der Waals surface area contributed by atoms with E-state index in [1.807, 2.05) is 0 Å². The van der Waals surface area contributed by atoms with Crippen molar-refractivity contribution < 1.29 is 5.11 Å². The van der Waals surface area contributed by atoms with Crippen LogP contribution in [0.15, 0.2) is 0 Å². The van der Waals surface area contributed by atoms with E-state index >= 15 is 0 Å². The average molecular weight is 285 g/mol. The number of rotatable bonds is 14. The molecule has 20 heavy (non-hydrogen) atoms. The molecule has 0 aromatic heterocycles. The molecule has 0 fully saturated rings. The highest BCUT2D eigenvalue weighted by Gasteiger charge is 2.24. The molecule has 0 aliphatic carbocycles. The molecule has 0 amide bonds. The van der Waals surface area contributed by atoms with Crippen LogP contribution in [0, 0.1) is 11.8 Å². The Kier molecular flexibility index (Phi) is 13.9. The summed E-state index contributed by atoms with van der Waals surface area (Å²) in [5, 5.41) is 10.7. The van der Waals surface area contributed by atoms with Crippen molar-refractivity contribution in [3.63, 3.8) is 0 Å². The highest BCUT2D eigenvalue weighted by molar-refractivity contribution is 4.75. The lowest BCUT2D eigenvalue weighted by atomic mass is 9.81. The summed E-state index contributed by atoms with van der Waals surface area (Å²) >= 11 is 0. The maximum atomic E-state index is 10.7. The molecule has 0 saturated heterocycles. The van der Waals surface area contributed by atoms with E-state index in [0.29, 0.717) is 11.8 Å². The lowest BCUT2D eigenvalue weighted by Gasteiger charge is -2.29. The fourth-order valence-corrected chi connectivity index (χ4v) is 3.28. The third kappa shape index (κ3) is 9.00. The number of hydrogen-bond donors (Lipinski definition) is 1. The summed E-state index contributed by atoms with van der Waals surface area (Å²) in [6.45, 7) is 9.01. The van der Waals surface area contributed by atoms with Gasteiger partial charge in [-0.05, 0) is 24.7 Å². The Balaban J connectivity index is 4.06. The van der Waals surface area contributed by atoms with Crippen LogP contribution in [0.25, 0.3) is 0 Å². The van der Waals surface area contributed by atoms with Gasteiger partial charge < -0.3 is 5.11 Å². The third-order valence-corrected chi connectivity index (χ3v) is 4.87. The van der Waals surface area contributed by atoms with Crippen molar-refractivity contribution in [2.24, 2.45) is 11.8 Å². The average Bonchev–Trinajstić information content (AvgIpc) is 2.47. The van der Waals surface area contributed by atoms with Crippen LogP contribution in [-0.2, 0) is 0 Å². The van der Waals surface area contributed by atoms with Crippen LogP contribution < -0.4 is 0 Å². The lowest BCUT2D eigenvalue weighted by Crippen LogP contribution is -2.28. The fourth-order valence-electron chi connectivity index (χ4n) is 3.28. The normalized spacial score (nSPS) is 16.1. The predicted molar refractivity (Wildman–Crippen MR) is 91.1 cm³/mol. The topological polar surface area (TPSA) is 20.2 Å². The predicted octanol–water partition coefficient (Wildman–Crippen LogP) is 6.34. The van der Waals surface area contributed by atoms with Crippen LogP contribution in [0.1, 0.15) is 105 Å². The van der Waals surface area contributed by atoms with Crippen molar-refractivity contribution in [3.05, 3.63) is 0 Å². The molecule has 1 N–H and O–H groups in total. The molecule has 0 aliphatic rings. The Bertz CT molecular complexity index is 170. The summed E-state index contributed by atoms with van der Waals surface area (Å²) in [7, 11) is 0. The van der Waals surface area contributed by atoms with E-state index in [0.717, 1.165) is 12.8 Å². The number of aliphatic hydroxyl groups is 1. The number of hydrogen-bond acceptors (Lipinski definition) is 1. The summed E-state index contributed by atoms with van der Waals surface area (Å²) in [5.41, 5.74) is 0. The fraction of sp³-hybridized carbons (Fsp3) is 1.00. The molecule has 0 saturated carbocycles. The molecule has 0 aromatic rings. The first-order chi connectivity index (χ1) is 9.71. The minimum Gasteiger partial charge on any atom is -0.393 e. The first-order valence-electron chi connectivity index (χ1n) is 9.39. The van der Waals surface area contributed by atoms with Gasteiger partial charge in [0, 0.05) is 0 Å². The van der Waals surface area contributed by atoms with Gasteiger partial charge >= 0.3 is 0 Å². The second-order valence-electron chi connectivity index (χ2n) is 6.53. The maximum absolute atomic E-state index is 10.7. The molecule has 0 spiro atoms. The molecule has 2 unspecified atom stereocenters. The van der Waals surface area contributed by atoms with E-state index in [9.17, 15) is 5.11 Å². The molecule has 1 nitrogen and oxygen atoms in total. The van der Waals surface area contributed by atoms with Crippen molar-refractivity contribution in [2.75, 3.05) is 0 Å². The van der Waals surface area contributed by atoms with Gasteiger partial charge in [0.25, 0.3) is 0 Å². The molecule has 0 aliphatic heterocycles. The number of aliphatic hydroxyl groups excluding tert-OH is 1. The Morgan fingerprint density at radius 2 is 1.00 bits per heavy atom. The zero-order valence-corrected chi connectivity index (χ0v) is 14.7. The molecular weight excluding hydrogens is 244 g/mol. The van der Waals surface area contributed by atoms with Gasteiger partial charge in [0.1, 0.15) is 0 Å². The van der Waals surface area contributed by atoms with Crippen molar-refractivity contribution in [3.8, 4) is 0 Å². The van der Waals surface area contributed by atoms with E-state index in [1.165, 1.54) is 64.2 Å². The summed E-state index contributed by atoms with van der Waals surface area (Å²) in [4.78, 5) is 0. The van der Waals surface area contributed by atoms with Crippen LogP contribution in [-0.4, -0.2) is 11.2 Å². The molecule has 2 atom stereocenters. The molecule has 0 bridgehead atoms. The van der Waals surface area contributed by atoms with Gasteiger partial charge in [0.15, 0.2) is 0 Å². The smallest absolute Gasteiger partial charge is 0.0596 e. The van der Waals surface area contributed by atoms with Gasteiger partial charge in [-0.25, -0.2) is 0 Å². The zero-order valence-electron chi connectivity index (χ0n) is 14.7. The lowest BCUT2D eigenvalue weighted by molar-refractivity contribution is 0.0365. The molecular formula is C19H40O. The highest BCUT2D eigenvalue weighted by atomic mass is 16.3. The van der Waals surface area contributed by atoms with Crippen LogP contribution >= 0.6 is 0 Å². The van der Waals surface area contributed by atoms with Crippen LogP contribution in [0.4, 0.5) is 0 Å². The second kappa shape index (κ2) is 13.9. The van der Waals surface area contributed by atoms with E-state index in [2.05, 4.69) is 27.7 Å². The standard InChI is InChI=1S/C19H40O/c1-5-9-11-13-15-17(7-3)19(20)18(8-4)16-14-12-10-6-2/h17-20H,5-16H2,1-4H3. The quantitative estimate of drug-likeness (QED) is 0.369. The van der Waals surface area contributed by atoms with Crippen LogP contribution in [0.5, 0.6) is 0 Å².